The number of hydrogen-bond donors (Lipinski definition) is 2. The lowest BCUT2D eigenvalue weighted by Gasteiger charge is -2.18. The summed E-state index contributed by atoms with van der Waals surface area (Å²) >= 11 is 0. The molecule has 12 heavy (non-hydrogen) atoms. The molecule has 0 aromatic heterocycles. The monoisotopic (exact) mass is 184 g/mol. The zero-order valence-corrected chi connectivity index (χ0v) is 7.66. The Labute approximate surface area is 78.6 Å². The standard InChI is InChI=1S/C9H12N2.ClH/c10-9-3-1-2-7-6-11-5-4-8(7)9;/h1-3,11H,4-6,10H2;1H. The normalized spacial score (nSPS) is 14.7. The van der Waals surface area contributed by atoms with Crippen LogP contribution < -0.4 is 11.1 Å². The van der Waals surface area contributed by atoms with Crippen molar-refractivity contribution in [1.82, 2.24) is 5.32 Å². The Balaban J connectivity index is 0.000000720. The fourth-order valence-corrected chi connectivity index (χ4v) is 1.56. The molecule has 0 saturated heterocycles. The summed E-state index contributed by atoms with van der Waals surface area (Å²) in [5, 5.41) is 3.31. The molecule has 1 aliphatic rings. The van der Waals surface area contributed by atoms with Gasteiger partial charge >= 0.3 is 0 Å². The van der Waals surface area contributed by atoms with Crippen LogP contribution in [0.2, 0.25) is 0 Å². The summed E-state index contributed by atoms with van der Waals surface area (Å²) in [7, 11) is 0. The first kappa shape index (κ1) is 9.36. The minimum Gasteiger partial charge on any atom is -0.398 e. The molecule has 1 aliphatic heterocycles. The van der Waals surface area contributed by atoms with Crippen LogP contribution in [0.3, 0.4) is 0 Å². The summed E-state index contributed by atoms with van der Waals surface area (Å²) in [5.41, 5.74) is 9.46. The van der Waals surface area contributed by atoms with E-state index < -0.39 is 0 Å². The van der Waals surface area contributed by atoms with Crippen molar-refractivity contribution >= 4 is 18.1 Å². The van der Waals surface area contributed by atoms with Gasteiger partial charge in [0.25, 0.3) is 0 Å². The number of fused-ring (bicyclic) bond motifs is 1. The smallest absolute Gasteiger partial charge is 0.0350 e. The van der Waals surface area contributed by atoms with Gasteiger partial charge in [-0.15, -0.1) is 12.4 Å². The highest BCUT2D eigenvalue weighted by Crippen LogP contribution is 2.19. The van der Waals surface area contributed by atoms with Crippen molar-refractivity contribution in [3.8, 4) is 0 Å². The molecule has 2 rings (SSSR count). The maximum absolute atomic E-state index is 5.81. The summed E-state index contributed by atoms with van der Waals surface area (Å²) in [6.45, 7) is 2.03. The lowest BCUT2D eigenvalue weighted by molar-refractivity contribution is 0.645. The fraction of sp³-hybridized carbons (Fsp3) is 0.333. The minimum absolute atomic E-state index is 0. The van der Waals surface area contributed by atoms with Gasteiger partial charge in [0.1, 0.15) is 0 Å². The van der Waals surface area contributed by atoms with Gasteiger partial charge in [-0.2, -0.15) is 0 Å². The van der Waals surface area contributed by atoms with Gasteiger partial charge in [-0.25, -0.2) is 0 Å². The quantitative estimate of drug-likeness (QED) is 0.598. The van der Waals surface area contributed by atoms with E-state index in [-0.39, 0.29) is 12.4 Å². The maximum atomic E-state index is 5.81. The van der Waals surface area contributed by atoms with E-state index in [0.29, 0.717) is 0 Å². The van der Waals surface area contributed by atoms with Gasteiger partial charge in [0, 0.05) is 12.2 Å². The molecule has 0 radical (unpaired) electrons. The lowest BCUT2D eigenvalue weighted by Crippen LogP contribution is -2.24. The summed E-state index contributed by atoms with van der Waals surface area (Å²) in [6, 6.07) is 6.13. The third-order valence-corrected chi connectivity index (χ3v) is 2.18. The second-order valence-electron chi connectivity index (χ2n) is 2.91. The van der Waals surface area contributed by atoms with Crippen molar-refractivity contribution in [3.05, 3.63) is 29.3 Å². The Kier molecular flexibility index (Phi) is 2.95. The van der Waals surface area contributed by atoms with Gasteiger partial charge < -0.3 is 11.1 Å². The average Bonchev–Trinajstić information content (AvgIpc) is 2.06. The zero-order valence-electron chi connectivity index (χ0n) is 6.84. The first-order chi connectivity index (χ1) is 5.38. The molecular formula is C9H13ClN2. The first-order valence-corrected chi connectivity index (χ1v) is 3.95. The highest BCUT2D eigenvalue weighted by molar-refractivity contribution is 5.85. The highest BCUT2D eigenvalue weighted by atomic mass is 35.5. The highest BCUT2D eigenvalue weighted by Gasteiger charge is 2.09. The summed E-state index contributed by atoms with van der Waals surface area (Å²) in [5.74, 6) is 0. The molecule has 0 spiro atoms. The molecule has 2 nitrogen and oxygen atoms in total. The van der Waals surface area contributed by atoms with Gasteiger partial charge in [0.15, 0.2) is 0 Å². The van der Waals surface area contributed by atoms with E-state index in [4.69, 9.17) is 5.73 Å². The van der Waals surface area contributed by atoms with Crippen LogP contribution in [0.25, 0.3) is 0 Å². The molecule has 0 saturated carbocycles. The molecule has 1 aromatic carbocycles. The molecule has 3 N–H and O–H groups in total. The Bertz CT molecular complexity index is 273. The molecule has 0 amide bonds. The molecule has 0 aliphatic carbocycles. The Morgan fingerprint density at radius 2 is 2.17 bits per heavy atom. The number of hydrogen-bond acceptors (Lipinski definition) is 2. The van der Waals surface area contributed by atoms with E-state index in [0.717, 1.165) is 25.2 Å². The molecule has 0 fully saturated rings. The van der Waals surface area contributed by atoms with E-state index in [1.807, 2.05) is 12.1 Å². The molecule has 1 heterocycles. The molecule has 66 valence electrons. The molecule has 3 heteroatoms. The topological polar surface area (TPSA) is 38.0 Å². The van der Waals surface area contributed by atoms with Crippen LogP contribution in [-0.4, -0.2) is 6.54 Å². The van der Waals surface area contributed by atoms with Crippen LogP contribution >= 0.6 is 12.4 Å². The largest absolute Gasteiger partial charge is 0.398 e. The van der Waals surface area contributed by atoms with Gasteiger partial charge in [-0.3, -0.25) is 0 Å². The second kappa shape index (κ2) is 3.78. The first-order valence-electron chi connectivity index (χ1n) is 3.95. The van der Waals surface area contributed by atoms with Crippen molar-refractivity contribution < 1.29 is 0 Å². The maximum Gasteiger partial charge on any atom is 0.0350 e. The fourth-order valence-electron chi connectivity index (χ4n) is 1.56. The third kappa shape index (κ3) is 1.54. The van der Waals surface area contributed by atoms with Gasteiger partial charge in [-0.1, -0.05) is 12.1 Å². The van der Waals surface area contributed by atoms with Crippen LogP contribution in [0.15, 0.2) is 18.2 Å². The van der Waals surface area contributed by atoms with Crippen molar-refractivity contribution in [2.45, 2.75) is 13.0 Å². The Hall–Kier alpha value is -0.730. The van der Waals surface area contributed by atoms with Crippen LogP contribution in [-0.2, 0) is 13.0 Å². The Morgan fingerprint density at radius 1 is 1.33 bits per heavy atom. The SMILES string of the molecule is Cl.Nc1cccc2c1CCNC2. The lowest BCUT2D eigenvalue weighted by atomic mass is 9.99. The van der Waals surface area contributed by atoms with E-state index in [1.165, 1.54) is 11.1 Å². The number of benzene rings is 1. The van der Waals surface area contributed by atoms with Crippen molar-refractivity contribution in [3.63, 3.8) is 0 Å². The number of rotatable bonds is 0. The van der Waals surface area contributed by atoms with Crippen molar-refractivity contribution in [1.29, 1.82) is 0 Å². The van der Waals surface area contributed by atoms with E-state index in [9.17, 15) is 0 Å². The van der Waals surface area contributed by atoms with E-state index in [1.54, 1.807) is 0 Å². The minimum atomic E-state index is 0. The number of halogens is 1. The molecule has 0 bridgehead atoms. The van der Waals surface area contributed by atoms with E-state index >= 15 is 0 Å². The average molecular weight is 185 g/mol. The molecule has 1 aromatic rings. The van der Waals surface area contributed by atoms with Crippen LogP contribution in [0, 0.1) is 0 Å². The third-order valence-electron chi connectivity index (χ3n) is 2.18. The molecule has 0 atom stereocenters. The summed E-state index contributed by atoms with van der Waals surface area (Å²) < 4.78 is 0. The summed E-state index contributed by atoms with van der Waals surface area (Å²) in [4.78, 5) is 0. The number of nitrogens with two attached hydrogens (primary N) is 1. The summed E-state index contributed by atoms with van der Waals surface area (Å²) in [6.07, 6.45) is 1.07. The van der Waals surface area contributed by atoms with Crippen LogP contribution in [0.5, 0.6) is 0 Å². The van der Waals surface area contributed by atoms with E-state index in [2.05, 4.69) is 11.4 Å². The second-order valence-corrected chi connectivity index (χ2v) is 2.91. The number of nitrogens with one attached hydrogen (secondary N) is 1. The van der Waals surface area contributed by atoms with Gasteiger partial charge in [0.2, 0.25) is 0 Å². The molecular weight excluding hydrogens is 172 g/mol. The number of anilines is 1. The van der Waals surface area contributed by atoms with Gasteiger partial charge in [0.05, 0.1) is 0 Å². The Morgan fingerprint density at radius 3 is 2.92 bits per heavy atom. The van der Waals surface area contributed by atoms with Crippen molar-refractivity contribution in [2.75, 3.05) is 12.3 Å². The molecule has 0 unspecified atom stereocenters. The number of nitrogen functional groups attached to an aromatic ring is 1. The predicted molar refractivity (Wildman–Crippen MR) is 53.5 cm³/mol. The van der Waals surface area contributed by atoms with Crippen LogP contribution in [0.1, 0.15) is 11.1 Å². The predicted octanol–water partition coefficient (Wildman–Crippen LogP) is 1.34. The zero-order chi connectivity index (χ0) is 7.68. The van der Waals surface area contributed by atoms with Gasteiger partial charge in [-0.05, 0) is 30.2 Å². The van der Waals surface area contributed by atoms with Crippen molar-refractivity contribution in [2.24, 2.45) is 0 Å². The van der Waals surface area contributed by atoms with Crippen LogP contribution in [0.4, 0.5) is 5.69 Å².